The molecule has 182 valence electrons. The van der Waals surface area contributed by atoms with Crippen LogP contribution < -0.4 is 14.4 Å². The molecule has 0 saturated carbocycles. The molecule has 2 aliphatic rings. The molecule has 1 amide bonds. The highest BCUT2D eigenvalue weighted by Crippen LogP contribution is 2.37. The summed E-state index contributed by atoms with van der Waals surface area (Å²) in [5.74, 6) is 0.0533. The molecule has 1 aliphatic heterocycles. The predicted octanol–water partition coefficient (Wildman–Crippen LogP) is 4.79. The number of nitrogens with zero attached hydrogens (tertiary/aromatic N) is 1. The number of sulfonamides is 1. The van der Waals surface area contributed by atoms with E-state index in [0.29, 0.717) is 11.4 Å². The molecule has 0 aromatic heterocycles. The zero-order chi connectivity index (χ0) is 24.4. The molecule has 1 aliphatic carbocycles. The van der Waals surface area contributed by atoms with Gasteiger partial charge in [-0.2, -0.15) is 0 Å². The Bertz CT molecular complexity index is 1320. The van der Waals surface area contributed by atoms with Crippen LogP contribution in [0.15, 0.2) is 77.7 Å². The number of carbonyl (C=O) groups excluding carboxylic acids is 1. The van der Waals surface area contributed by atoms with Crippen LogP contribution in [-0.2, 0) is 27.7 Å². The summed E-state index contributed by atoms with van der Waals surface area (Å²) in [5.41, 5.74) is 4.27. The van der Waals surface area contributed by atoms with Crippen LogP contribution in [0.25, 0.3) is 0 Å². The van der Waals surface area contributed by atoms with Crippen LogP contribution in [0, 0.1) is 0 Å². The molecule has 3 aromatic rings. The summed E-state index contributed by atoms with van der Waals surface area (Å²) in [5, 5.41) is 3.12. The minimum Gasteiger partial charge on any atom is -0.476 e. The van der Waals surface area contributed by atoms with Crippen molar-refractivity contribution < 1.29 is 17.9 Å². The molecule has 0 unspecified atom stereocenters. The van der Waals surface area contributed by atoms with Gasteiger partial charge >= 0.3 is 0 Å². The number of ether oxygens (including phenoxy) is 1. The monoisotopic (exact) mass is 490 g/mol. The van der Waals surface area contributed by atoms with E-state index in [1.54, 1.807) is 54.6 Å². The number of aryl methyl sites for hydroxylation is 2. The Morgan fingerprint density at radius 3 is 2.49 bits per heavy atom. The number of nitrogens with one attached hydrogen (secondary N) is 1. The lowest BCUT2D eigenvalue weighted by atomic mass is 9.88. The van der Waals surface area contributed by atoms with Crippen molar-refractivity contribution in [3.05, 3.63) is 89.5 Å². The van der Waals surface area contributed by atoms with Gasteiger partial charge < -0.3 is 10.1 Å². The lowest BCUT2D eigenvalue weighted by molar-refractivity contribution is -0.128. The fourth-order valence-corrected chi connectivity index (χ4v) is 6.44. The van der Waals surface area contributed by atoms with Gasteiger partial charge in [0.05, 0.1) is 23.2 Å². The number of fused-ring (bicyclic) bond motifs is 2. The highest BCUT2D eigenvalue weighted by molar-refractivity contribution is 7.92. The largest absolute Gasteiger partial charge is 0.476 e. The van der Waals surface area contributed by atoms with E-state index in [1.165, 1.54) is 28.3 Å². The van der Waals surface area contributed by atoms with Crippen molar-refractivity contribution in [3.63, 3.8) is 0 Å². The third kappa shape index (κ3) is 4.65. The van der Waals surface area contributed by atoms with E-state index in [0.717, 1.165) is 24.8 Å². The normalized spacial score (nSPS) is 18.1. The topological polar surface area (TPSA) is 75.7 Å². The summed E-state index contributed by atoms with van der Waals surface area (Å²) < 4.78 is 34.3. The van der Waals surface area contributed by atoms with Crippen LogP contribution in [-0.4, -0.2) is 27.0 Å². The lowest BCUT2D eigenvalue weighted by Crippen LogP contribution is -2.51. The number of benzene rings is 3. The molecule has 1 N–H and O–H groups in total. The van der Waals surface area contributed by atoms with Gasteiger partial charge in [-0.25, -0.2) is 8.42 Å². The fraction of sp³-hybridized carbons (Fsp3) is 0.321. The molecular formula is C28H30N2O4S. The number of anilines is 1. The van der Waals surface area contributed by atoms with Crippen LogP contribution in [0.3, 0.4) is 0 Å². The summed E-state index contributed by atoms with van der Waals surface area (Å²) in [4.78, 5) is 13.6. The van der Waals surface area contributed by atoms with E-state index in [4.69, 9.17) is 4.74 Å². The van der Waals surface area contributed by atoms with Gasteiger partial charge in [0.15, 0.2) is 6.10 Å². The molecule has 2 atom stereocenters. The molecule has 0 saturated heterocycles. The van der Waals surface area contributed by atoms with Gasteiger partial charge in [-0.05, 0) is 73.1 Å². The fourth-order valence-electron chi connectivity index (χ4n) is 4.94. The molecule has 6 nitrogen and oxygen atoms in total. The van der Waals surface area contributed by atoms with Crippen LogP contribution in [0.1, 0.15) is 48.9 Å². The molecular weight excluding hydrogens is 460 g/mol. The molecule has 0 fully saturated rings. The van der Waals surface area contributed by atoms with Crippen LogP contribution in [0.5, 0.6) is 5.75 Å². The Balaban J connectivity index is 1.40. The van der Waals surface area contributed by atoms with Crippen molar-refractivity contribution in [1.82, 2.24) is 5.32 Å². The van der Waals surface area contributed by atoms with E-state index >= 15 is 0 Å². The highest BCUT2D eigenvalue weighted by Gasteiger charge is 2.38. The van der Waals surface area contributed by atoms with Crippen LogP contribution in [0.2, 0.25) is 0 Å². The van der Waals surface area contributed by atoms with Crippen molar-refractivity contribution in [2.75, 3.05) is 10.8 Å². The Labute approximate surface area is 207 Å². The van der Waals surface area contributed by atoms with Gasteiger partial charge in [0, 0.05) is 0 Å². The molecule has 5 rings (SSSR count). The summed E-state index contributed by atoms with van der Waals surface area (Å²) in [6.07, 6.45) is 4.36. The van der Waals surface area contributed by atoms with E-state index in [-0.39, 0.29) is 23.4 Å². The molecule has 0 spiro atoms. The number of para-hydroxylation sites is 2. The first-order valence-electron chi connectivity index (χ1n) is 12.2. The average molecular weight is 491 g/mol. The van der Waals surface area contributed by atoms with Gasteiger partial charge in [-0.1, -0.05) is 55.5 Å². The smallest absolute Gasteiger partial charge is 0.264 e. The van der Waals surface area contributed by atoms with Crippen LogP contribution in [0.4, 0.5) is 5.69 Å². The minimum absolute atomic E-state index is 0.0965. The molecule has 0 radical (unpaired) electrons. The Hall–Kier alpha value is -3.32. The second kappa shape index (κ2) is 9.74. The molecule has 3 aromatic carbocycles. The maximum absolute atomic E-state index is 13.5. The van der Waals surface area contributed by atoms with Crippen molar-refractivity contribution in [2.45, 2.75) is 56.1 Å². The van der Waals surface area contributed by atoms with Crippen molar-refractivity contribution in [1.29, 1.82) is 0 Å². The number of amides is 1. The van der Waals surface area contributed by atoms with Crippen molar-refractivity contribution in [3.8, 4) is 5.75 Å². The summed E-state index contributed by atoms with van der Waals surface area (Å²) >= 11 is 0. The predicted molar refractivity (Wildman–Crippen MR) is 136 cm³/mol. The zero-order valence-electron chi connectivity index (χ0n) is 19.8. The maximum atomic E-state index is 13.5. The van der Waals surface area contributed by atoms with Gasteiger partial charge in [0.25, 0.3) is 15.9 Å². The zero-order valence-corrected chi connectivity index (χ0v) is 20.6. The van der Waals surface area contributed by atoms with Crippen LogP contribution >= 0.6 is 0 Å². The van der Waals surface area contributed by atoms with E-state index in [1.807, 2.05) is 6.92 Å². The van der Waals surface area contributed by atoms with Gasteiger partial charge in [0.2, 0.25) is 0 Å². The Kier molecular flexibility index (Phi) is 6.52. The number of rotatable bonds is 6. The van der Waals surface area contributed by atoms with E-state index in [9.17, 15) is 13.2 Å². The molecule has 35 heavy (non-hydrogen) atoms. The second-order valence-electron chi connectivity index (χ2n) is 9.13. The second-order valence-corrected chi connectivity index (χ2v) is 11.0. The first kappa shape index (κ1) is 23.4. The third-order valence-corrected chi connectivity index (χ3v) is 8.65. The van der Waals surface area contributed by atoms with Crippen molar-refractivity contribution in [2.24, 2.45) is 0 Å². The standard InChI is InChI=1S/C28H30N2O4S/c1-2-24(22-17-16-20-10-6-7-11-21(20)18-22)29-28(31)27-19-30(25-14-8-9-15-26(25)34-27)35(32,33)23-12-4-3-5-13-23/h3-5,8-9,12-18,24,27H,2,6-7,10-11,19H2,1H3,(H,29,31)/t24-,27-/m0/s1. The minimum atomic E-state index is -3.87. The van der Waals surface area contributed by atoms with E-state index in [2.05, 4.69) is 23.5 Å². The van der Waals surface area contributed by atoms with Gasteiger partial charge in [-0.3, -0.25) is 9.10 Å². The molecule has 7 heteroatoms. The SMILES string of the molecule is CC[C@H](NC(=O)[C@@H]1CN(S(=O)(=O)c2ccccc2)c2ccccc2O1)c1ccc2c(c1)CCCC2. The Morgan fingerprint density at radius 1 is 1.00 bits per heavy atom. The highest BCUT2D eigenvalue weighted by atomic mass is 32.2. The van der Waals surface area contributed by atoms with Crippen molar-refractivity contribution >= 4 is 21.6 Å². The van der Waals surface area contributed by atoms with Gasteiger partial charge in [-0.15, -0.1) is 0 Å². The number of hydrogen-bond donors (Lipinski definition) is 1. The first-order chi connectivity index (χ1) is 17.0. The number of carbonyl (C=O) groups is 1. The van der Waals surface area contributed by atoms with Gasteiger partial charge in [0.1, 0.15) is 5.75 Å². The molecule has 0 bridgehead atoms. The Morgan fingerprint density at radius 2 is 1.71 bits per heavy atom. The average Bonchev–Trinajstić information content (AvgIpc) is 2.91. The summed E-state index contributed by atoms with van der Waals surface area (Å²) in [6, 6.07) is 21.5. The first-order valence-corrected chi connectivity index (χ1v) is 13.7. The summed E-state index contributed by atoms with van der Waals surface area (Å²) in [6.45, 7) is 1.94. The third-order valence-electron chi connectivity index (χ3n) is 6.86. The summed E-state index contributed by atoms with van der Waals surface area (Å²) in [7, 11) is -3.87. The molecule has 1 heterocycles. The quantitative estimate of drug-likeness (QED) is 0.539. The maximum Gasteiger partial charge on any atom is 0.264 e. The lowest BCUT2D eigenvalue weighted by Gasteiger charge is -2.35. The number of hydrogen-bond acceptors (Lipinski definition) is 4. The van der Waals surface area contributed by atoms with E-state index < -0.39 is 16.1 Å².